The van der Waals surface area contributed by atoms with E-state index in [2.05, 4.69) is 5.10 Å². The summed E-state index contributed by atoms with van der Waals surface area (Å²) in [5, 5.41) is 14.6. The van der Waals surface area contributed by atoms with Crippen LogP contribution in [0, 0.1) is 5.92 Å². The highest BCUT2D eigenvalue weighted by Gasteiger charge is 2.63. The molecule has 5 nitrogen and oxygen atoms in total. The number of benzene rings is 1. The third-order valence-corrected chi connectivity index (χ3v) is 5.29. The van der Waals surface area contributed by atoms with Gasteiger partial charge in [-0.2, -0.15) is 23.3 Å². The van der Waals surface area contributed by atoms with E-state index in [-0.39, 0.29) is 23.1 Å². The Morgan fingerprint density at radius 2 is 1.89 bits per heavy atom. The van der Waals surface area contributed by atoms with E-state index in [0.29, 0.717) is 11.3 Å². The van der Waals surface area contributed by atoms with E-state index in [1.165, 1.54) is 7.11 Å². The first-order chi connectivity index (χ1) is 12.7. The van der Waals surface area contributed by atoms with Gasteiger partial charge in [-0.15, -0.1) is 0 Å². The lowest BCUT2D eigenvalue weighted by Gasteiger charge is -2.32. The first-order valence-electron chi connectivity index (χ1n) is 9.07. The number of nitrogens with zero attached hydrogens (tertiary/aromatic N) is 2. The van der Waals surface area contributed by atoms with Crippen LogP contribution in [0.5, 0.6) is 5.75 Å². The van der Waals surface area contributed by atoms with E-state index < -0.39 is 24.2 Å². The SMILES string of the molecule is COc1ccc(CC(=O)N2N=C(C3CCCCC3)C[C@@]2(O)C(F)(F)F)cc1. The van der Waals surface area contributed by atoms with Crippen LogP contribution in [0.2, 0.25) is 0 Å². The summed E-state index contributed by atoms with van der Waals surface area (Å²) in [6, 6.07) is 6.45. The molecule has 3 rings (SSSR count). The first-order valence-corrected chi connectivity index (χ1v) is 9.07. The van der Waals surface area contributed by atoms with E-state index in [9.17, 15) is 23.1 Å². The summed E-state index contributed by atoms with van der Waals surface area (Å²) in [6.45, 7) is 0. The van der Waals surface area contributed by atoms with E-state index >= 15 is 0 Å². The van der Waals surface area contributed by atoms with Crippen LogP contribution in [0.15, 0.2) is 29.4 Å². The van der Waals surface area contributed by atoms with Gasteiger partial charge in [-0.3, -0.25) is 4.79 Å². The zero-order valence-corrected chi connectivity index (χ0v) is 15.1. The van der Waals surface area contributed by atoms with Gasteiger partial charge in [0.05, 0.1) is 13.5 Å². The average molecular weight is 384 g/mol. The van der Waals surface area contributed by atoms with Gasteiger partial charge < -0.3 is 9.84 Å². The molecule has 1 aliphatic carbocycles. The fourth-order valence-corrected chi connectivity index (χ4v) is 3.71. The van der Waals surface area contributed by atoms with Crippen molar-refractivity contribution in [2.45, 2.75) is 56.8 Å². The number of amides is 1. The van der Waals surface area contributed by atoms with Crippen molar-refractivity contribution in [3.05, 3.63) is 29.8 Å². The molecule has 1 aliphatic heterocycles. The van der Waals surface area contributed by atoms with E-state index in [4.69, 9.17) is 4.74 Å². The number of hydrazone groups is 1. The van der Waals surface area contributed by atoms with E-state index in [0.717, 1.165) is 32.1 Å². The minimum Gasteiger partial charge on any atom is -0.497 e. The average Bonchev–Trinajstić information content (AvgIpc) is 3.02. The Balaban J connectivity index is 1.83. The molecule has 148 valence electrons. The zero-order valence-electron chi connectivity index (χ0n) is 15.1. The van der Waals surface area contributed by atoms with E-state index in [1.54, 1.807) is 24.3 Å². The second kappa shape index (κ2) is 7.50. The van der Waals surface area contributed by atoms with Crippen molar-refractivity contribution in [2.75, 3.05) is 7.11 Å². The number of carbonyl (C=O) groups excluding carboxylic acids is 1. The van der Waals surface area contributed by atoms with Gasteiger partial charge in [0.15, 0.2) is 0 Å². The van der Waals surface area contributed by atoms with Gasteiger partial charge in [0.2, 0.25) is 5.91 Å². The van der Waals surface area contributed by atoms with Crippen LogP contribution >= 0.6 is 0 Å². The highest BCUT2D eigenvalue weighted by molar-refractivity contribution is 5.92. The van der Waals surface area contributed by atoms with Crippen LogP contribution in [0.4, 0.5) is 13.2 Å². The standard InChI is InChI=1S/C19H23F3N2O3/c1-27-15-9-7-13(8-10-15)11-17(25)24-18(26,19(20,21)22)12-16(23-24)14-5-3-2-4-6-14/h7-10,14,26H,2-6,11-12H2,1H3/t18-/m1/s1. The first kappa shape index (κ1) is 19.7. The zero-order chi connectivity index (χ0) is 19.7. The molecule has 0 bridgehead atoms. The van der Waals surface area contributed by atoms with Crippen molar-refractivity contribution >= 4 is 11.6 Å². The second-order valence-corrected chi connectivity index (χ2v) is 7.15. The van der Waals surface area contributed by atoms with Crippen LogP contribution in [0.25, 0.3) is 0 Å². The number of rotatable bonds is 4. The molecule has 1 amide bonds. The number of carbonyl (C=O) groups is 1. The summed E-state index contributed by atoms with van der Waals surface area (Å²) in [5.41, 5.74) is -2.48. The van der Waals surface area contributed by atoms with E-state index in [1.807, 2.05) is 0 Å². The lowest BCUT2D eigenvalue weighted by atomic mass is 9.83. The summed E-state index contributed by atoms with van der Waals surface area (Å²) in [7, 11) is 1.50. The summed E-state index contributed by atoms with van der Waals surface area (Å²) >= 11 is 0. The Bertz CT molecular complexity index is 712. The molecule has 0 aromatic heterocycles. The van der Waals surface area contributed by atoms with Crippen LogP contribution in [0.3, 0.4) is 0 Å². The molecule has 1 saturated carbocycles. The predicted molar refractivity (Wildman–Crippen MR) is 93.2 cm³/mol. The quantitative estimate of drug-likeness (QED) is 0.862. The van der Waals surface area contributed by atoms with Gasteiger partial charge in [0, 0.05) is 12.1 Å². The fourth-order valence-electron chi connectivity index (χ4n) is 3.71. The fraction of sp³-hybridized carbons (Fsp3) is 0.579. The number of aliphatic hydroxyl groups is 1. The number of methoxy groups -OCH3 is 1. The molecule has 1 N–H and O–H groups in total. The molecular formula is C19H23F3N2O3. The van der Waals surface area contributed by atoms with Gasteiger partial charge in [0.1, 0.15) is 5.75 Å². The molecule has 1 heterocycles. The molecule has 8 heteroatoms. The third-order valence-electron chi connectivity index (χ3n) is 5.29. The molecule has 1 fully saturated rings. The highest BCUT2D eigenvalue weighted by Crippen LogP contribution is 2.43. The molecule has 0 spiro atoms. The summed E-state index contributed by atoms with van der Waals surface area (Å²) in [6.07, 6.45) is -1.56. The van der Waals surface area contributed by atoms with Crippen molar-refractivity contribution in [3.63, 3.8) is 0 Å². The molecule has 0 saturated heterocycles. The lowest BCUT2D eigenvalue weighted by molar-refractivity contribution is -0.302. The molecule has 1 aromatic carbocycles. The molecule has 2 aliphatic rings. The Kier molecular flexibility index (Phi) is 5.46. The molecule has 1 atom stereocenters. The summed E-state index contributed by atoms with van der Waals surface area (Å²) in [5.74, 6) is -0.408. The maximum Gasteiger partial charge on any atom is 0.438 e. The van der Waals surface area contributed by atoms with Crippen molar-refractivity contribution in [1.82, 2.24) is 5.01 Å². The van der Waals surface area contributed by atoms with Gasteiger partial charge in [0.25, 0.3) is 5.72 Å². The Morgan fingerprint density at radius 3 is 2.44 bits per heavy atom. The summed E-state index contributed by atoms with van der Waals surface area (Å²) in [4.78, 5) is 12.6. The maximum absolute atomic E-state index is 13.6. The minimum absolute atomic E-state index is 0.105. The number of hydrogen-bond donors (Lipinski definition) is 1. The van der Waals surface area contributed by atoms with Crippen molar-refractivity contribution in [1.29, 1.82) is 0 Å². The highest BCUT2D eigenvalue weighted by atomic mass is 19.4. The number of halogens is 3. The topological polar surface area (TPSA) is 62.1 Å². The summed E-state index contributed by atoms with van der Waals surface area (Å²) < 4.78 is 45.8. The predicted octanol–water partition coefficient (Wildman–Crippen LogP) is 3.66. The molecule has 1 aromatic rings. The maximum atomic E-state index is 13.6. The van der Waals surface area contributed by atoms with Gasteiger partial charge in [-0.05, 0) is 36.5 Å². The molecular weight excluding hydrogens is 361 g/mol. The van der Waals surface area contributed by atoms with Crippen LogP contribution in [-0.2, 0) is 11.2 Å². The van der Waals surface area contributed by atoms with Gasteiger partial charge in [-0.1, -0.05) is 31.4 Å². The van der Waals surface area contributed by atoms with Crippen molar-refractivity contribution in [2.24, 2.45) is 11.0 Å². The van der Waals surface area contributed by atoms with Crippen LogP contribution in [0.1, 0.15) is 44.1 Å². The molecule has 27 heavy (non-hydrogen) atoms. The van der Waals surface area contributed by atoms with Gasteiger partial charge >= 0.3 is 6.18 Å². The Morgan fingerprint density at radius 1 is 1.26 bits per heavy atom. The number of alkyl halides is 3. The molecule has 0 radical (unpaired) electrons. The number of ether oxygens (including phenoxy) is 1. The second-order valence-electron chi connectivity index (χ2n) is 7.15. The monoisotopic (exact) mass is 384 g/mol. The van der Waals surface area contributed by atoms with Crippen molar-refractivity contribution < 1.29 is 27.8 Å². The number of hydrogen-bond acceptors (Lipinski definition) is 4. The smallest absolute Gasteiger partial charge is 0.438 e. The molecule has 0 unspecified atom stereocenters. The largest absolute Gasteiger partial charge is 0.497 e. The Labute approximate surface area is 155 Å². The normalized spacial score (nSPS) is 24.0. The lowest BCUT2D eigenvalue weighted by Crippen LogP contribution is -2.57. The van der Waals surface area contributed by atoms with Crippen LogP contribution < -0.4 is 4.74 Å². The third kappa shape index (κ3) is 3.95. The minimum atomic E-state index is -4.98. The Hall–Kier alpha value is -2.09. The van der Waals surface area contributed by atoms with Gasteiger partial charge in [-0.25, -0.2) is 0 Å². The van der Waals surface area contributed by atoms with Crippen LogP contribution in [-0.4, -0.2) is 40.7 Å². The van der Waals surface area contributed by atoms with Crippen molar-refractivity contribution in [3.8, 4) is 5.75 Å².